The van der Waals surface area contributed by atoms with E-state index in [0.717, 1.165) is 12.1 Å². The van der Waals surface area contributed by atoms with E-state index in [4.69, 9.17) is 5.73 Å². The molecule has 0 aromatic carbocycles. The van der Waals surface area contributed by atoms with Gasteiger partial charge in [0.2, 0.25) is 0 Å². The molecule has 1 aliphatic rings. The molecule has 1 unspecified atom stereocenters. The van der Waals surface area contributed by atoms with E-state index in [9.17, 15) is 4.57 Å². The van der Waals surface area contributed by atoms with E-state index >= 15 is 0 Å². The topological polar surface area (TPSA) is 86.7 Å². The maximum absolute atomic E-state index is 13.3. The van der Waals surface area contributed by atoms with Crippen molar-refractivity contribution in [2.75, 3.05) is 5.73 Å². The third-order valence-corrected chi connectivity index (χ3v) is 9.49. The van der Waals surface area contributed by atoms with E-state index in [0.29, 0.717) is 17.9 Å². The van der Waals surface area contributed by atoms with E-state index in [-0.39, 0.29) is 17.0 Å². The van der Waals surface area contributed by atoms with Gasteiger partial charge in [-0.1, -0.05) is 39.3 Å². The highest BCUT2D eigenvalue weighted by Gasteiger charge is 2.48. The van der Waals surface area contributed by atoms with Crippen molar-refractivity contribution < 1.29 is 4.57 Å². The van der Waals surface area contributed by atoms with Crippen LogP contribution in [0.1, 0.15) is 34.1 Å². The number of hydrogen-bond donors (Lipinski definition) is 1. The van der Waals surface area contributed by atoms with Crippen molar-refractivity contribution in [2.24, 2.45) is 0 Å². The second-order valence-electron chi connectivity index (χ2n) is 6.78. The zero-order valence-electron chi connectivity index (χ0n) is 14.1. The predicted octanol–water partition coefficient (Wildman–Crippen LogP) is 3.29. The van der Waals surface area contributed by atoms with Crippen molar-refractivity contribution in [3.05, 3.63) is 24.3 Å². The molecular formula is C16H24N5OP. The van der Waals surface area contributed by atoms with Gasteiger partial charge in [-0.3, -0.25) is 0 Å². The standard InChI is InChI=1S/C16H24N5OP/c1-10(2)23(22,11(3)4)13-7-12(13)5-6-21-9-20-14-15(17)18-8-19-16(14)21/h5,8-11,13H,6-7H2,1-4H3,(H2,17,18,19)/b12-5+. The maximum atomic E-state index is 13.3. The summed E-state index contributed by atoms with van der Waals surface area (Å²) in [5.74, 6) is 0.398. The molecule has 1 atom stereocenters. The van der Waals surface area contributed by atoms with Crippen LogP contribution in [0.2, 0.25) is 0 Å². The summed E-state index contributed by atoms with van der Waals surface area (Å²) in [6.45, 7) is 9.01. The van der Waals surface area contributed by atoms with E-state index in [1.165, 1.54) is 11.9 Å². The minimum atomic E-state index is -2.18. The van der Waals surface area contributed by atoms with Crippen LogP contribution in [0.25, 0.3) is 11.2 Å². The molecule has 2 aromatic rings. The minimum Gasteiger partial charge on any atom is -0.382 e. The fraction of sp³-hybridized carbons (Fsp3) is 0.562. The van der Waals surface area contributed by atoms with Gasteiger partial charge < -0.3 is 14.9 Å². The molecule has 2 N–H and O–H groups in total. The molecule has 0 radical (unpaired) electrons. The summed E-state index contributed by atoms with van der Waals surface area (Å²) in [5.41, 5.74) is 9.21. The monoisotopic (exact) mass is 333 g/mol. The number of nitrogens with zero attached hydrogens (tertiary/aromatic N) is 4. The van der Waals surface area contributed by atoms with Gasteiger partial charge in [0.25, 0.3) is 0 Å². The first-order valence-electron chi connectivity index (χ1n) is 8.05. The molecule has 2 heterocycles. The number of aromatic nitrogens is 4. The number of allylic oxidation sites excluding steroid dienone is 2. The molecular weight excluding hydrogens is 309 g/mol. The van der Waals surface area contributed by atoms with Crippen LogP contribution in [0.3, 0.4) is 0 Å². The Morgan fingerprint density at radius 2 is 2.00 bits per heavy atom. The van der Waals surface area contributed by atoms with Crippen LogP contribution in [-0.4, -0.2) is 36.5 Å². The van der Waals surface area contributed by atoms with E-state index < -0.39 is 7.14 Å². The molecule has 7 heteroatoms. The Kier molecular flexibility index (Phi) is 4.05. The van der Waals surface area contributed by atoms with Crippen LogP contribution < -0.4 is 5.73 Å². The van der Waals surface area contributed by atoms with Gasteiger partial charge in [0, 0.05) is 23.5 Å². The molecule has 23 heavy (non-hydrogen) atoms. The van der Waals surface area contributed by atoms with Gasteiger partial charge in [-0.15, -0.1) is 0 Å². The smallest absolute Gasteiger partial charge is 0.165 e. The second kappa shape index (κ2) is 5.75. The van der Waals surface area contributed by atoms with Crippen molar-refractivity contribution >= 4 is 24.1 Å². The number of rotatable bonds is 5. The van der Waals surface area contributed by atoms with Gasteiger partial charge in [0.15, 0.2) is 11.5 Å². The predicted molar refractivity (Wildman–Crippen MR) is 94.1 cm³/mol. The number of nitrogens with two attached hydrogens (primary N) is 1. The molecule has 2 aromatic heterocycles. The molecule has 124 valence electrons. The quantitative estimate of drug-likeness (QED) is 0.670. The Morgan fingerprint density at radius 1 is 1.30 bits per heavy atom. The maximum Gasteiger partial charge on any atom is 0.165 e. The van der Waals surface area contributed by atoms with Crippen LogP contribution >= 0.6 is 7.14 Å². The summed E-state index contributed by atoms with van der Waals surface area (Å²) < 4.78 is 15.3. The lowest BCUT2D eigenvalue weighted by Gasteiger charge is -2.25. The number of nitrogen functional groups attached to an aromatic ring is 1. The summed E-state index contributed by atoms with van der Waals surface area (Å²) in [6.07, 6.45) is 6.31. The summed E-state index contributed by atoms with van der Waals surface area (Å²) in [4.78, 5) is 12.5. The Morgan fingerprint density at radius 3 is 2.65 bits per heavy atom. The second-order valence-corrected chi connectivity index (χ2v) is 11.0. The van der Waals surface area contributed by atoms with Crippen molar-refractivity contribution in [2.45, 2.75) is 57.6 Å². The Labute approximate surface area is 136 Å². The Balaban J connectivity index is 1.80. The number of fused-ring (bicyclic) bond motifs is 1. The average Bonchev–Trinajstić information content (AvgIpc) is 3.16. The first kappa shape index (κ1) is 16.2. The highest BCUT2D eigenvalue weighted by atomic mass is 31.2. The molecule has 0 amide bonds. The minimum absolute atomic E-state index is 0.236. The number of imidazole rings is 1. The van der Waals surface area contributed by atoms with E-state index in [2.05, 4.69) is 48.7 Å². The zero-order valence-corrected chi connectivity index (χ0v) is 15.0. The molecule has 0 bridgehead atoms. The van der Waals surface area contributed by atoms with E-state index in [1.54, 1.807) is 6.33 Å². The fourth-order valence-electron chi connectivity index (χ4n) is 3.35. The summed E-state index contributed by atoms with van der Waals surface area (Å²) in [5, 5.41) is 0. The molecule has 1 aliphatic carbocycles. The highest BCUT2D eigenvalue weighted by Crippen LogP contribution is 2.69. The zero-order chi connectivity index (χ0) is 16.8. The molecule has 3 rings (SSSR count). The van der Waals surface area contributed by atoms with Crippen LogP contribution in [0, 0.1) is 0 Å². The van der Waals surface area contributed by atoms with Gasteiger partial charge in [0.1, 0.15) is 11.8 Å². The number of anilines is 1. The van der Waals surface area contributed by atoms with Gasteiger partial charge in [0.05, 0.1) is 13.5 Å². The molecule has 0 saturated heterocycles. The summed E-state index contributed by atoms with van der Waals surface area (Å²) >= 11 is 0. The van der Waals surface area contributed by atoms with Crippen LogP contribution in [-0.2, 0) is 11.1 Å². The van der Waals surface area contributed by atoms with Crippen molar-refractivity contribution in [3.8, 4) is 0 Å². The Hall–Kier alpha value is -1.68. The lowest BCUT2D eigenvalue weighted by molar-refractivity contribution is 0.560. The summed E-state index contributed by atoms with van der Waals surface area (Å²) in [7, 11) is -2.18. The van der Waals surface area contributed by atoms with Gasteiger partial charge >= 0.3 is 0 Å². The normalized spacial score (nSPS) is 20.1. The van der Waals surface area contributed by atoms with Crippen LogP contribution in [0.15, 0.2) is 24.3 Å². The molecule has 6 nitrogen and oxygen atoms in total. The lowest BCUT2D eigenvalue weighted by Crippen LogP contribution is -2.12. The summed E-state index contributed by atoms with van der Waals surface area (Å²) in [6, 6.07) is 0. The Bertz CT molecular complexity index is 796. The van der Waals surface area contributed by atoms with Gasteiger partial charge in [-0.2, -0.15) is 0 Å². The highest BCUT2D eigenvalue weighted by molar-refractivity contribution is 7.66. The van der Waals surface area contributed by atoms with Crippen molar-refractivity contribution in [1.82, 2.24) is 19.5 Å². The van der Waals surface area contributed by atoms with Gasteiger partial charge in [-0.25, -0.2) is 15.0 Å². The lowest BCUT2D eigenvalue weighted by atomic mass is 10.4. The molecule has 1 fully saturated rings. The third kappa shape index (κ3) is 2.69. The van der Waals surface area contributed by atoms with Crippen LogP contribution in [0.5, 0.6) is 0 Å². The largest absolute Gasteiger partial charge is 0.382 e. The van der Waals surface area contributed by atoms with Crippen molar-refractivity contribution in [1.29, 1.82) is 0 Å². The van der Waals surface area contributed by atoms with Crippen LogP contribution in [0.4, 0.5) is 5.82 Å². The fourth-order valence-corrected chi connectivity index (χ4v) is 7.10. The number of hydrogen-bond acceptors (Lipinski definition) is 5. The first-order chi connectivity index (χ1) is 10.9. The molecule has 0 spiro atoms. The van der Waals surface area contributed by atoms with Gasteiger partial charge in [-0.05, 0) is 6.42 Å². The van der Waals surface area contributed by atoms with E-state index in [1.807, 2.05) is 4.57 Å². The van der Waals surface area contributed by atoms with Crippen molar-refractivity contribution in [3.63, 3.8) is 0 Å². The SMILES string of the molecule is CC(C)P(=O)(C(C)C)C1C/C1=C\Cn1cnc2c(N)ncnc21. The first-order valence-corrected chi connectivity index (χ1v) is 9.96. The third-order valence-electron chi connectivity index (χ3n) is 4.78. The molecule has 1 saturated carbocycles. The average molecular weight is 333 g/mol. The molecule has 0 aliphatic heterocycles.